The number of benzene rings is 1. The van der Waals surface area contributed by atoms with Gasteiger partial charge in [-0.2, -0.15) is 5.10 Å². The summed E-state index contributed by atoms with van der Waals surface area (Å²) in [7, 11) is 0. The molecule has 0 aliphatic carbocycles. The minimum absolute atomic E-state index is 0.194. The zero-order chi connectivity index (χ0) is 14.5. The van der Waals surface area contributed by atoms with E-state index in [1.165, 1.54) is 0 Å². The lowest BCUT2D eigenvalue weighted by molar-refractivity contribution is 0.112. The standard InChI is InChI=1S/C16H17ClN2O/c1-3-4-12(2)16-14(11-20)10-19(18-16)9-13-5-7-15(17)8-6-13/h3,5-8,10-12H,1,4,9H2,2H3. The highest BCUT2D eigenvalue weighted by Gasteiger charge is 2.14. The van der Waals surface area contributed by atoms with E-state index < -0.39 is 0 Å². The molecule has 0 N–H and O–H groups in total. The first-order valence-corrected chi connectivity index (χ1v) is 6.89. The van der Waals surface area contributed by atoms with Crippen molar-refractivity contribution in [3.63, 3.8) is 0 Å². The zero-order valence-electron chi connectivity index (χ0n) is 11.4. The van der Waals surface area contributed by atoms with Gasteiger partial charge in [-0.05, 0) is 24.1 Å². The molecule has 0 bridgehead atoms. The highest BCUT2D eigenvalue weighted by atomic mass is 35.5. The Kier molecular flexibility index (Phi) is 4.74. The van der Waals surface area contributed by atoms with Crippen LogP contribution in [0.2, 0.25) is 5.02 Å². The third-order valence-electron chi connectivity index (χ3n) is 3.19. The molecule has 2 rings (SSSR count). The number of halogens is 1. The van der Waals surface area contributed by atoms with E-state index in [2.05, 4.69) is 11.7 Å². The molecule has 1 heterocycles. The molecule has 104 valence electrons. The van der Waals surface area contributed by atoms with E-state index in [4.69, 9.17) is 11.6 Å². The Morgan fingerprint density at radius 2 is 2.10 bits per heavy atom. The number of aromatic nitrogens is 2. The van der Waals surface area contributed by atoms with Crippen LogP contribution in [0.3, 0.4) is 0 Å². The Morgan fingerprint density at radius 1 is 1.40 bits per heavy atom. The second-order valence-corrected chi connectivity index (χ2v) is 5.27. The molecule has 4 heteroatoms. The summed E-state index contributed by atoms with van der Waals surface area (Å²) in [6.07, 6.45) is 5.30. The van der Waals surface area contributed by atoms with Crippen LogP contribution >= 0.6 is 11.6 Å². The number of aldehydes is 1. The average molecular weight is 289 g/mol. The third kappa shape index (κ3) is 3.36. The molecule has 0 amide bonds. The molecule has 0 fully saturated rings. The van der Waals surface area contributed by atoms with Crippen LogP contribution in [0.5, 0.6) is 0 Å². The molecule has 0 saturated heterocycles. The Labute approximate surface area is 123 Å². The van der Waals surface area contributed by atoms with Crippen molar-refractivity contribution in [2.75, 3.05) is 0 Å². The molecule has 1 unspecified atom stereocenters. The molecular weight excluding hydrogens is 272 g/mol. The largest absolute Gasteiger partial charge is 0.298 e. The van der Waals surface area contributed by atoms with E-state index in [-0.39, 0.29) is 5.92 Å². The summed E-state index contributed by atoms with van der Waals surface area (Å²) < 4.78 is 1.79. The van der Waals surface area contributed by atoms with Crippen molar-refractivity contribution < 1.29 is 4.79 Å². The van der Waals surface area contributed by atoms with Crippen molar-refractivity contribution in [3.05, 3.63) is 65.0 Å². The molecule has 20 heavy (non-hydrogen) atoms. The predicted molar refractivity (Wildman–Crippen MR) is 81.4 cm³/mol. The normalized spacial score (nSPS) is 12.1. The summed E-state index contributed by atoms with van der Waals surface area (Å²) >= 11 is 5.86. The maximum atomic E-state index is 11.1. The first kappa shape index (κ1) is 14.5. The fourth-order valence-electron chi connectivity index (χ4n) is 2.15. The van der Waals surface area contributed by atoms with Gasteiger partial charge in [-0.25, -0.2) is 0 Å². The second kappa shape index (κ2) is 6.53. The van der Waals surface area contributed by atoms with Crippen LogP contribution in [0.15, 0.2) is 43.1 Å². The predicted octanol–water partition coefficient (Wildman–Crippen LogP) is 4.08. The number of rotatable bonds is 6. The molecule has 3 nitrogen and oxygen atoms in total. The zero-order valence-corrected chi connectivity index (χ0v) is 12.2. The van der Waals surface area contributed by atoms with Gasteiger partial charge in [0.05, 0.1) is 17.8 Å². The topological polar surface area (TPSA) is 34.9 Å². The summed E-state index contributed by atoms with van der Waals surface area (Å²) in [6, 6.07) is 7.61. The molecule has 0 aliphatic heterocycles. The molecule has 1 atom stereocenters. The van der Waals surface area contributed by atoms with Gasteiger partial charge in [0.15, 0.2) is 6.29 Å². The summed E-state index contributed by atoms with van der Waals surface area (Å²) in [5.41, 5.74) is 2.57. The van der Waals surface area contributed by atoms with Crippen LogP contribution in [0.25, 0.3) is 0 Å². The quantitative estimate of drug-likeness (QED) is 0.593. The van der Waals surface area contributed by atoms with Crippen LogP contribution in [0, 0.1) is 0 Å². The first-order chi connectivity index (χ1) is 9.63. The molecule has 1 aromatic carbocycles. The number of carbonyl (C=O) groups excluding carboxylic acids is 1. The number of carbonyl (C=O) groups is 1. The average Bonchev–Trinajstić information content (AvgIpc) is 2.85. The highest BCUT2D eigenvalue weighted by Crippen LogP contribution is 2.21. The molecule has 0 spiro atoms. The van der Waals surface area contributed by atoms with Gasteiger partial charge in [-0.15, -0.1) is 6.58 Å². The molecular formula is C16H17ClN2O. The van der Waals surface area contributed by atoms with Gasteiger partial charge < -0.3 is 0 Å². The van der Waals surface area contributed by atoms with Crippen molar-refractivity contribution in [3.8, 4) is 0 Å². The van der Waals surface area contributed by atoms with Crippen molar-refractivity contribution >= 4 is 17.9 Å². The summed E-state index contributed by atoms with van der Waals surface area (Å²) in [5.74, 6) is 0.194. The van der Waals surface area contributed by atoms with E-state index in [9.17, 15) is 4.79 Å². The third-order valence-corrected chi connectivity index (χ3v) is 3.44. The van der Waals surface area contributed by atoms with Crippen molar-refractivity contribution in [1.82, 2.24) is 9.78 Å². The minimum Gasteiger partial charge on any atom is -0.298 e. The number of allylic oxidation sites excluding steroid dienone is 1. The van der Waals surface area contributed by atoms with Crippen LogP contribution in [0.4, 0.5) is 0 Å². The van der Waals surface area contributed by atoms with Crippen molar-refractivity contribution in [2.45, 2.75) is 25.8 Å². The van der Waals surface area contributed by atoms with Crippen molar-refractivity contribution in [1.29, 1.82) is 0 Å². The molecule has 2 aromatic rings. The number of hydrogen-bond donors (Lipinski definition) is 0. The van der Waals surface area contributed by atoms with E-state index in [0.717, 1.165) is 24.0 Å². The molecule has 0 saturated carbocycles. The van der Waals surface area contributed by atoms with Crippen LogP contribution in [-0.4, -0.2) is 16.1 Å². The van der Waals surface area contributed by atoms with Gasteiger partial charge in [0.25, 0.3) is 0 Å². The Bertz CT molecular complexity index is 601. The lowest BCUT2D eigenvalue weighted by atomic mass is 10.0. The summed E-state index contributed by atoms with van der Waals surface area (Å²) in [5, 5.41) is 5.23. The lowest BCUT2D eigenvalue weighted by Crippen LogP contribution is -2.02. The maximum Gasteiger partial charge on any atom is 0.153 e. The molecule has 0 aliphatic rings. The molecule has 1 aromatic heterocycles. The fourth-order valence-corrected chi connectivity index (χ4v) is 2.27. The van der Waals surface area contributed by atoms with E-state index >= 15 is 0 Å². The Hall–Kier alpha value is -1.87. The fraction of sp³-hybridized carbons (Fsp3) is 0.250. The minimum atomic E-state index is 0.194. The van der Waals surface area contributed by atoms with Crippen LogP contribution < -0.4 is 0 Å². The van der Waals surface area contributed by atoms with Crippen LogP contribution in [-0.2, 0) is 6.54 Å². The SMILES string of the molecule is C=CCC(C)c1nn(Cc2ccc(Cl)cc2)cc1C=O. The first-order valence-electron chi connectivity index (χ1n) is 6.52. The monoisotopic (exact) mass is 288 g/mol. The van der Waals surface area contributed by atoms with E-state index in [1.54, 1.807) is 10.9 Å². The number of hydrogen-bond acceptors (Lipinski definition) is 2. The maximum absolute atomic E-state index is 11.1. The Morgan fingerprint density at radius 3 is 2.70 bits per heavy atom. The van der Waals surface area contributed by atoms with Gasteiger partial charge in [0.2, 0.25) is 0 Å². The smallest absolute Gasteiger partial charge is 0.153 e. The summed E-state index contributed by atoms with van der Waals surface area (Å²) in [4.78, 5) is 11.1. The van der Waals surface area contributed by atoms with E-state index in [0.29, 0.717) is 17.1 Å². The lowest BCUT2D eigenvalue weighted by Gasteiger charge is -2.06. The Balaban J connectivity index is 2.22. The highest BCUT2D eigenvalue weighted by molar-refractivity contribution is 6.30. The van der Waals surface area contributed by atoms with Crippen molar-refractivity contribution in [2.24, 2.45) is 0 Å². The van der Waals surface area contributed by atoms with Crippen LogP contribution in [0.1, 0.15) is 40.9 Å². The summed E-state index contributed by atoms with van der Waals surface area (Å²) in [6.45, 7) is 6.40. The van der Waals surface area contributed by atoms with E-state index in [1.807, 2.05) is 37.3 Å². The van der Waals surface area contributed by atoms with Gasteiger partial charge in [-0.3, -0.25) is 9.48 Å². The number of nitrogens with zero attached hydrogens (tertiary/aromatic N) is 2. The second-order valence-electron chi connectivity index (χ2n) is 4.84. The van der Waals surface area contributed by atoms with Gasteiger partial charge in [-0.1, -0.05) is 36.7 Å². The molecule has 0 radical (unpaired) electrons. The van der Waals surface area contributed by atoms with Gasteiger partial charge in [0, 0.05) is 17.1 Å². The van der Waals surface area contributed by atoms with Gasteiger partial charge in [0.1, 0.15) is 0 Å². The van der Waals surface area contributed by atoms with Gasteiger partial charge >= 0.3 is 0 Å².